The first kappa shape index (κ1) is 13.5. The van der Waals surface area contributed by atoms with Crippen LogP contribution in [0.2, 0.25) is 0 Å². The van der Waals surface area contributed by atoms with Crippen LogP contribution in [0.4, 0.5) is 0 Å². The normalized spacial score (nSPS) is 26.6. The highest BCUT2D eigenvalue weighted by Crippen LogP contribution is 2.52. The lowest BCUT2D eigenvalue weighted by Gasteiger charge is -2.42. The number of ether oxygens (including phenoxy) is 1. The van der Waals surface area contributed by atoms with Crippen molar-refractivity contribution in [1.29, 1.82) is 0 Å². The Balaban J connectivity index is 1.77. The van der Waals surface area contributed by atoms with Crippen molar-refractivity contribution in [1.82, 2.24) is 0 Å². The predicted molar refractivity (Wildman–Crippen MR) is 84.3 cm³/mol. The van der Waals surface area contributed by atoms with Gasteiger partial charge in [0.05, 0.1) is 0 Å². The van der Waals surface area contributed by atoms with E-state index in [0.717, 1.165) is 29.7 Å². The molecule has 1 heterocycles. The second kappa shape index (κ2) is 5.24. The van der Waals surface area contributed by atoms with Gasteiger partial charge in [-0.1, -0.05) is 25.0 Å². The van der Waals surface area contributed by atoms with Crippen LogP contribution in [0.3, 0.4) is 0 Å². The number of phenols is 2. The monoisotopic (exact) mass is 296 g/mol. The van der Waals surface area contributed by atoms with Crippen molar-refractivity contribution < 1.29 is 14.9 Å². The van der Waals surface area contributed by atoms with Crippen molar-refractivity contribution in [2.75, 3.05) is 0 Å². The molecule has 3 unspecified atom stereocenters. The zero-order valence-electron chi connectivity index (χ0n) is 12.4. The third-order valence-corrected chi connectivity index (χ3v) is 5.08. The molecule has 1 fully saturated rings. The molecular weight excluding hydrogens is 276 g/mol. The molecule has 0 aromatic heterocycles. The highest BCUT2D eigenvalue weighted by molar-refractivity contribution is 5.45. The van der Waals surface area contributed by atoms with E-state index in [9.17, 15) is 10.2 Å². The van der Waals surface area contributed by atoms with Crippen LogP contribution in [0.5, 0.6) is 17.2 Å². The lowest BCUT2D eigenvalue weighted by Crippen LogP contribution is -2.32. The van der Waals surface area contributed by atoms with Gasteiger partial charge in [0.2, 0.25) is 0 Å². The van der Waals surface area contributed by atoms with E-state index in [0.29, 0.717) is 17.6 Å². The number of aromatic hydroxyl groups is 2. The van der Waals surface area contributed by atoms with E-state index in [1.54, 1.807) is 18.2 Å². The Kier molecular flexibility index (Phi) is 3.21. The van der Waals surface area contributed by atoms with Gasteiger partial charge in [0.15, 0.2) is 0 Å². The molecule has 0 bridgehead atoms. The fourth-order valence-electron chi connectivity index (χ4n) is 4.04. The third kappa shape index (κ3) is 2.21. The first-order chi connectivity index (χ1) is 10.7. The standard InChI is InChI=1S/C19H20O3/c20-13-7-5-12(6-8-13)19-16-4-2-1-3-15(16)17-11-14(21)9-10-18(17)22-19/h5-11,15-16,19-21H,1-4H2. The van der Waals surface area contributed by atoms with Gasteiger partial charge < -0.3 is 14.9 Å². The Morgan fingerprint density at radius 2 is 1.59 bits per heavy atom. The van der Waals surface area contributed by atoms with E-state index in [2.05, 4.69) is 0 Å². The lowest BCUT2D eigenvalue weighted by molar-refractivity contribution is 0.0678. The molecule has 2 aromatic rings. The summed E-state index contributed by atoms with van der Waals surface area (Å²) in [6, 6.07) is 12.8. The van der Waals surface area contributed by atoms with Crippen molar-refractivity contribution >= 4 is 0 Å². The molecule has 3 heteroatoms. The molecule has 22 heavy (non-hydrogen) atoms. The van der Waals surface area contributed by atoms with E-state index in [4.69, 9.17) is 4.74 Å². The van der Waals surface area contributed by atoms with E-state index < -0.39 is 0 Å². The summed E-state index contributed by atoms with van der Waals surface area (Å²) in [4.78, 5) is 0. The predicted octanol–water partition coefficient (Wildman–Crippen LogP) is 4.51. The highest BCUT2D eigenvalue weighted by Gasteiger charge is 2.40. The number of phenolic OH excluding ortho intramolecular Hbond substituents is 2. The Labute approximate surface area is 130 Å². The van der Waals surface area contributed by atoms with Gasteiger partial charge in [-0.15, -0.1) is 0 Å². The van der Waals surface area contributed by atoms with Gasteiger partial charge in [-0.05, 0) is 54.7 Å². The van der Waals surface area contributed by atoms with Gasteiger partial charge >= 0.3 is 0 Å². The van der Waals surface area contributed by atoms with Gasteiger partial charge in [-0.25, -0.2) is 0 Å². The lowest BCUT2D eigenvalue weighted by atomic mass is 9.70. The van der Waals surface area contributed by atoms with Crippen LogP contribution in [0.25, 0.3) is 0 Å². The van der Waals surface area contributed by atoms with Crippen LogP contribution < -0.4 is 4.74 Å². The Hall–Kier alpha value is -2.16. The molecule has 0 amide bonds. The average Bonchev–Trinajstić information content (AvgIpc) is 2.55. The zero-order chi connectivity index (χ0) is 15.1. The SMILES string of the molecule is Oc1ccc(C2Oc3ccc(O)cc3C3CCCCC32)cc1. The molecule has 3 nitrogen and oxygen atoms in total. The van der Waals surface area contributed by atoms with Gasteiger partial charge in [0.25, 0.3) is 0 Å². The maximum absolute atomic E-state index is 9.81. The number of benzene rings is 2. The van der Waals surface area contributed by atoms with E-state index in [-0.39, 0.29) is 11.9 Å². The Bertz CT molecular complexity index is 678. The van der Waals surface area contributed by atoms with E-state index in [1.807, 2.05) is 24.3 Å². The number of rotatable bonds is 1. The van der Waals surface area contributed by atoms with Gasteiger partial charge in [0, 0.05) is 11.5 Å². The summed E-state index contributed by atoms with van der Waals surface area (Å²) < 4.78 is 6.29. The van der Waals surface area contributed by atoms with Crippen molar-refractivity contribution in [3.05, 3.63) is 53.6 Å². The van der Waals surface area contributed by atoms with E-state index >= 15 is 0 Å². The fourth-order valence-corrected chi connectivity index (χ4v) is 4.04. The van der Waals surface area contributed by atoms with Crippen molar-refractivity contribution in [2.24, 2.45) is 5.92 Å². The van der Waals surface area contributed by atoms with Crippen molar-refractivity contribution in [3.8, 4) is 17.2 Å². The molecule has 2 aromatic carbocycles. The number of fused-ring (bicyclic) bond motifs is 3. The molecular formula is C19H20O3. The summed E-state index contributed by atoms with van der Waals surface area (Å²) in [6.45, 7) is 0. The topological polar surface area (TPSA) is 49.7 Å². The second-order valence-electron chi connectivity index (χ2n) is 6.41. The Morgan fingerprint density at radius 1 is 0.864 bits per heavy atom. The molecule has 0 radical (unpaired) electrons. The maximum Gasteiger partial charge on any atom is 0.127 e. The molecule has 2 aliphatic rings. The molecule has 1 saturated carbocycles. The Morgan fingerprint density at radius 3 is 2.41 bits per heavy atom. The van der Waals surface area contributed by atoms with Gasteiger partial charge in [-0.3, -0.25) is 0 Å². The minimum atomic E-state index is 0.0305. The van der Waals surface area contributed by atoms with Crippen LogP contribution in [-0.4, -0.2) is 10.2 Å². The summed E-state index contributed by atoms with van der Waals surface area (Å²) in [5, 5.41) is 19.3. The van der Waals surface area contributed by atoms with Crippen LogP contribution in [0, 0.1) is 5.92 Å². The minimum Gasteiger partial charge on any atom is -0.508 e. The molecule has 3 atom stereocenters. The van der Waals surface area contributed by atoms with Gasteiger partial charge in [-0.2, -0.15) is 0 Å². The largest absolute Gasteiger partial charge is 0.508 e. The summed E-state index contributed by atoms with van der Waals surface area (Å²) >= 11 is 0. The third-order valence-electron chi connectivity index (χ3n) is 5.08. The van der Waals surface area contributed by atoms with Crippen LogP contribution in [-0.2, 0) is 0 Å². The number of hydrogen-bond donors (Lipinski definition) is 2. The minimum absolute atomic E-state index is 0.0305. The van der Waals surface area contributed by atoms with E-state index in [1.165, 1.54) is 12.8 Å². The summed E-state index contributed by atoms with van der Waals surface area (Å²) in [7, 11) is 0. The number of hydrogen-bond acceptors (Lipinski definition) is 3. The summed E-state index contributed by atoms with van der Waals surface area (Å²) in [6.07, 6.45) is 4.79. The summed E-state index contributed by atoms with van der Waals surface area (Å²) in [5.41, 5.74) is 2.27. The van der Waals surface area contributed by atoms with Crippen LogP contribution in [0.1, 0.15) is 48.8 Å². The average molecular weight is 296 g/mol. The fraction of sp³-hybridized carbons (Fsp3) is 0.368. The highest BCUT2D eigenvalue weighted by atomic mass is 16.5. The van der Waals surface area contributed by atoms with Gasteiger partial charge in [0.1, 0.15) is 23.4 Å². The summed E-state index contributed by atoms with van der Waals surface area (Å²) in [5.74, 6) is 2.37. The zero-order valence-corrected chi connectivity index (χ0v) is 12.4. The van der Waals surface area contributed by atoms with Crippen LogP contribution in [0.15, 0.2) is 42.5 Å². The second-order valence-corrected chi connectivity index (χ2v) is 6.41. The molecule has 0 spiro atoms. The molecule has 4 rings (SSSR count). The smallest absolute Gasteiger partial charge is 0.127 e. The molecule has 1 aliphatic heterocycles. The van der Waals surface area contributed by atoms with Crippen molar-refractivity contribution in [3.63, 3.8) is 0 Å². The molecule has 1 aliphatic carbocycles. The maximum atomic E-state index is 9.81. The quantitative estimate of drug-likeness (QED) is 0.814. The first-order valence-electron chi connectivity index (χ1n) is 8.01. The van der Waals surface area contributed by atoms with Crippen molar-refractivity contribution in [2.45, 2.75) is 37.7 Å². The molecule has 2 N–H and O–H groups in total. The molecule has 114 valence electrons. The molecule has 0 saturated heterocycles. The first-order valence-corrected chi connectivity index (χ1v) is 8.01. The van der Waals surface area contributed by atoms with Crippen LogP contribution >= 0.6 is 0 Å².